The van der Waals surface area contributed by atoms with Crippen molar-refractivity contribution in [3.8, 4) is 0 Å². The average molecular weight is 351 g/mol. The van der Waals surface area contributed by atoms with E-state index in [4.69, 9.17) is 0 Å². The zero-order valence-electron chi connectivity index (χ0n) is 15.5. The maximum atomic E-state index is 12.5. The summed E-state index contributed by atoms with van der Waals surface area (Å²) < 4.78 is 0. The molecule has 27 heavy (non-hydrogen) atoms. The Labute approximate surface area is 160 Å². The lowest BCUT2D eigenvalue weighted by atomic mass is 9.88. The Morgan fingerprint density at radius 1 is 0.741 bits per heavy atom. The second-order valence-corrected chi connectivity index (χ2v) is 6.70. The fraction of sp³-hybridized carbons (Fsp3) is 0.0800. The number of carbonyl (C=O) groups excluding carboxylic acids is 1. The number of allylic oxidation sites excluding steroid dienone is 8. The van der Waals surface area contributed by atoms with Gasteiger partial charge in [0.2, 0.25) is 0 Å². The molecule has 0 amide bonds. The number of carbonyl (C=O) groups is 1. The van der Waals surface area contributed by atoms with Crippen LogP contribution in [0, 0.1) is 0 Å². The highest BCUT2D eigenvalue weighted by Gasteiger charge is 2.25. The average Bonchev–Trinajstić information content (AvgIpc) is 2.71. The molecule has 0 N–H and O–H groups in total. The second-order valence-electron chi connectivity index (χ2n) is 6.70. The molecule has 1 heterocycles. The molecule has 0 aromatic heterocycles. The van der Waals surface area contributed by atoms with Crippen molar-refractivity contribution in [1.82, 2.24) is 4.90 Å². The van der Waals surface area contributed by atoms with E-state index in [1.54, 1.807) is 12.2 Å². The van der Waals surface area contributed by atoms with E-state index < -0.39 is 0 Å². The number of ketones is 1. The van der Waals surface area contributed by atoms with Crippen LogP contribution in [0.1, 0.15) is 18.1 Å². The fourth-order valence-electron chi connectivity index (χ4n) is 3.70. The van der Waals surface area contributed by atoms with Gasteiger partial charge < -0.3 is 4.90 Å². The summed E-state index contributed by atoms with van der Waals surface area (Å²) in [5, 5.41) is 0. The zero-order valence-corrected chi connectivity index (χ0v) is 15.5. The number of nitrogens with zero attached hydrogens (tertiary/aromatic N) is 1. The van der Waals surface area contributed by atoms with E-state index in [9.17, 15) is 4.79 Å². The van der Waals surface area contributed by atoms with E-state index in [1.807, 2.05) is 48.6 Å². The van der Waals surface area contributed by atoms with Crippen molar-refractivity contribution in [2.75, 3.05) is 7.05 Å². The largest absolute Gasteiger partial charge is 0.343 e. The van der Waals surface area contributed by atoms with Gasteiger partial charge in [-0.1, -0.05) is 78.9 Å². The second kappa shape index (κ2) is 7.08. The van der Waals surface area contributed by atoms with Crippen molar-refractivity contribution in [3.63, 3.8) is 0 Å². The molecule has 2 nitrogen and oxygen atoms in total. The van der Waals surface area contributed by atoms with Crippen LogP contribution in [0.3, 0.4) is 0 Å². The molecule has 2 aliphatic rings. The number of hydrogen-bond donors (Lipinski definition) is 0. The molecule has 132 valence electrons. The Morgan fingerprint density at radius 3 is 1.96 bits per heavy atom. The van der Waals surface area contributed by atoms with E-state index >= 15 is 0 Å². The molecular formula is C25H21NO. The van der Waals surface area contributed by atoms with Gasteiger partial charge in [-0.25, -0.2) is 0 Å². The topological polar surface area (TPSA) is 20.3 Å². The molecule has 2 heteroatoms. The number of benzene rings is 2. The van der Waals surface area contributed by atoms with Gasteiger partial charge in [-0.05, 0) is 41.3 Å². The normalized spacial score (nSPS) is 19.6. The van der Waals surface area contributed by atoms with Crippen LogP contribution in [0.2, 0.25) is 0 Å². The lowest BCUT2D eigenvalue weighted by Crippen LogP contribution is -2.22. The molecule has 4 rings (SSSR count). The summed E-state index contributed by atoms with van der Waals surface area (Å²) in [6, 6.07) is 20.7. The quantitative estimate of drug-likeness (QED) is 0.676. The molecule has 2 aromatic rings. The Kier molecular flexibility index (Phi) is 4.47. The lowest BCUT2D eigenvalue weighted by Gasteiger charge is -2.33. The van der Waals surface area contributed by atoms with Crippen molar-refractivity contribution >= 4 is 17.2 Å². The summed E-state index contributed by atoms with van der Waals surface area (Å²) >= 11 is 0. The molecule has 1 aliphatic heterocycles. The van der Waals surface area contributed by atoms with E-state index in [0.717, 1.165) is 39.2 Å². The summed E-state index contributed by atoms with van der Waals surface area (Å²) in [7, 11) is 2.09. The highest BCUT2D eigenvalue weighted by atomic mass is 16.1. The molecule has 0 atom stereocenters. The number of rotatable bonds is 2. The van der Waals surface area contributed by atoms with Gasteiger partial charge in [0.25, 0.3) is 0 Å². The number of hydrogen-bond acceptors (Lipinski definition) is 2. The summed E-state index contributed by atoms with van der Waals surface area (Å²) in [6.07, 6.45) is 9.39. The van der Waals surface area contributed by atoms with Crippen LogP contribution >= 0.6 is 0 Å². The van der Waals surface area contributed by atoms with Crippen molar-refractivity contribution in [2.24, 2.45) is 0 Å². The lowest BCUT2D eigenvalue weighted by molar-refractivity contribution is -0.111. The van der Waals surface area contributed by atoms with E-state index in [-0.39, 0.29) is 5.78 Å². The minimum atomic E-state index is 0.0486. The first-order chi connectivity index (χ1) is 13.2. The summed E-state index contributed by atoms with van der Waals surface area (Å²) in [6.45, 7) is 2.10. The van der Waals surface area contributed by atoms with Crippen LogP contribution in [0.5, 0.6) is 0 Å². The first kappa shape index (κ1) is 17.0. The SMILES string of the molecule is CC1=C(c2ccccc2)N(C)C(c2ccccc2)=CC1=C1C=CC=CC1=O. The third kappa shape index (κ3) is 3.11. The molecule has 1 aliphatic carbocycles. The van der Waals surface area contributed by atoms with Gasteiger partial charge in [0.05, 0.1) is 5.70 Å². The Balaban J connectivity index is 1.97. The van der Waals surface area contributed by atoms with Crippen molar-refractivity contribution in [2.45, 2.75) is 6.92 Å². The highest BCUT2D eigenvalue weighted by molar-refractivity contribution is 6.09. The van der Waals surface area contributed by atoms with Crippen LogP contribution < -0.4 is 0 Å². The minimum absolute atomic E-state index is 0.0486. The van der Waals surface area contributed by atoms with Gasteiger partial charge in [0.15, 0.2) is 5.78 Å². The molecule has 2 aromatic carbocycles. The van der Waals surface area contributed by atoms with Crippen LogP contribution in [0.25, 0.3) is 11.4 Å². The molecular weight excluding hydrogens is 330 g/mol. The molecule has 0 unspecified atom stereocenters. The maximum absolute atomic E-state index is 12.5. The first-order valence-electron chi connectivity index (χ1n) is 9.07. The Morgan fingerprint density at radius 2 is 1.33 bits per heavy atom. The van der Waals surface area contributed by atoms with E-state index in [2.05, 4.69) is 49.2 Å². The Bertz CT molecular complexity index is 1030. The van der Waals surface area contributed by atoms with Crippen molar-refractivity contribution in [1.29, 1.82) is 0 Å². The predicted octanol–water partition coefficient (Wildman–Crippen LogP) is 5.40. The molecule has 0 saturated carbocycles. The third-order valence-electron chi connectivity index (χ3n) is 5.03. The van der Waals surface area contributed by atoms with E-state index in [0.29, 0.717) is 0 Å². The van der Waals surface area contributed by atoms with Gasteiger partial charge >= 0.3 is 0 Å². The predicted molar refractivity (Wildman–Crippen MR) is 112 cm³/mol. The smallest absolute Gasteiger partial charge is 0.186 e. The molecule has 0 radical (unpaired) electrons. The summed E-state index contributed by atoms with van der Waals surface area (Å²) in [5.41, 5.74) is 7.29. The van der Waals surface area contributed by atoms with Gasteiger partial charge in [0, 0.05) is 18.3 Å². The summed E-state index contributed by atoms with van der Waals surface area (Å²) in [5.74, 6) is 0.0486. The fourth-order valence-corrected chi connectivity index (χ4v) is 3.70. The standard InChI is InChI=1S/C25H21NO/c1-18-22(21-15-9-10-16-24(21)27)17-23(19-11-5-3-6-12-19)26(2)25(18)20-13-7-4-8-14-20/h3-17H,1-2H3. The van der Waals surface area contributed by atoms with Crippen molar-refractivity contribution < 1.29 is 4.79 Å². The first-order valence-corrected chi connectivity index (χ1v) is 9.07. The van der Waals surface area contributed by atoms with Crippen LogP contribution in [-0.2, 0) is 4.79 Å². The zero-order chi connectivity index (χ0) is 18.8. The minimum Gasteiger partial charge on any atom is -0.343 e. The van der Waals surface area contributed by atoms with Gasteiger partial charge in [-0.2, -0.15) is 0 Å². The molecule has 0 spiro atoms. The Hall–Kier alpha value is -3.39. The van der Waals surface area contributed by atoms with Gasteiger partial charge in [0.1, 0.15) is 0 Å². The van der Waals surface area contributed by atoms with Gasteiger partial charge in [-0.3, -0.25) is 4.79 Å². The molecule has 0 fully saturated rings. The van der Waals surface area contributed by atoms with Gasteiger partial charge in [-0.15, -0.1) is 0 Å². The van der Waals surface area contributed by atoms with Crippen LogP contribution in [0.15, 0.2) is 108 Å². The third-order valence-corrected chi connectivity index (χ3v) is 5.03. The maximum Gasteiger partial charge on any atom is 0.186 e. The van der Waals surface area contributed by atoms with Crippen LogP contribution in [-0.4, -0.2) is 17.7 Å². The molecule has 0 saturated heterocycles. The molecule has 0 bridgehead atoms. The van der Waals surface area contributed by atoms with Crippen molar-refractivity contribution in [3.05, 3.63) is 119 Å². The van der Waals surface area contributed by atoms with E-state index in [1.165, 1.54) is 0 Å². The highest BCUT2D eigenvalue weighted by Crippen LogP contribution is 2.39. The van der Waals surface area contributed by atoms with Crippen LogP contribution in [0.4, 0.5) is 0 Å². The summed E-state index contributed by atoms with van der Waals surface area (Å²) in [4.78, 5) is 14.8. The monoisotopic (exact) mass is 351 g/mol.